The van der Waals surface area contributed by atoms with Crippen molar-refractivity contribution in [3.8, 4) is 0 Å². The summed E-state index contributed by atoms with van der Waals surface area (Å²) in [6.45, 7) is 5.36. The second kappa shape index (κ2) is 5.71. The lowest BCUT2D eigenvalue weighted by Gasteiger charge is -2.22. The van der Waals surface area contributed by atoms with Crippen LogP contribution in [0.2, 0.25) is 0 Å². The number of benzene rings is 1. The molecule has 1 aliphatic rings. The molecule has 2 rings (SSSR count). The second-order valence-corrected chi connectivity index (χ2v) is 4.60. The van der Waals surface area contributed by atoms with Gasteiger partial charge in [-0.25, -0.2) is 0 Å². The summed E-state index contributed by atoms with van der Waals surface area (Å²) in [4.78, 5) is 14.1. The molecule has 0 saturated heterocycles. The molecule has 3 nitrogen and oxygen atoms in total. The van der Waals surface area contributed by atoms with Gasteiger partial charge in [0.2, 0.25) is 5.91 Å². The van der Waals surface area contributed by atoms with Crippen molar-refractivity contribution in [1.82, 2.24) is 0 Å². The number of hydrogen-bond donors (Lipinski definition) is 0. The number of carbonyl (C=O) groups is 1. The maximum atomic E-state index is 12.3. The first-order valence-corrected chi connectivity index (χ1v) is 6.36. The van der Waals surface area contributed by atoms with E-state index in [2.05, 4.69) is 0 Å². The van der Waals surface area contributed by atoms with Gasteiger partial charge < -0.3 is 9.64 Å². The Morgan fingerprint density at radius 1 is 1.39 bits per heavy atom. The van der Waals surface area contributed by atoms with Gasteiger partial charge in [0.05, 0.1) is 12.9 Å². The molecule has 0 bridgehead atoms. The lowest BCUT2D eigenvalue weighted by molar-refractivity contribution is -0.119. The number of carbonyl (C=O) groups excluding carboxylic acids is 1. The summed E-state index contributed by atoms with van der Waals surface area (Å²) >= 11 is 0. The molecule has 1 atom stereocenters. The number of anilines is 1. The molecule has 0 fully saturated rings. The van der Waals surface area contributed by atoms with Gasteiger partial charge in [0, 0.05) is 24.6 Å². The fraction of sp³-hybridized carbons (Fsp3) is 0.400. The third kappa shape index (κ3) is 2.92. The Labute approximate surface area is 108 Å². The van der Waals surface area contributed by atoms with Crippen LogP contribution in [0, 0.1) is 12.8 Å². The molecule has 0 N–H and O–H groups in total. The smallest absolute Gasteiger partial charge is 0.227 e. The molecule has 0 aliphatic carbocycles. The van der Waals surface area contributed by atoms with E-state index in [4.69, 9.17) is 4.74 Å². The van der Waals surface area contributed by atoms with Crippen LogP contribution in [0.1, 0.15) is 18.9 Å². The van der Waals surface area contributed by atoms with E-state index in [9.17, 15) is 4.79 Å². The maximum Gasteiger partial charge on any atom is 0.227 e. The van der Waals surface area contributed by atoms with Crippen LogP contribution in [0.4, 0.5) is 5.69 Å². The number of hydrogen-bond acceptors (Lipinski definition) is 2. The standard InChI is InChI=1S/C15H19NO2/c1-3-16(14-6-4-12(2)5-7-14)15(17)10-13-8-9-18-11-13/h4-9,13H,3,10-11H2,1-2H3. The first kappa shape index (κ1) is 12.7. The lowest BCUT2D eigenvalue weighted by atomic mass is 10.1. The minimum Gasteiger partial charge on any atom is -0.501 e. The van der Waals surface area contributed by atoms with Crippen molar-refractivity contribution in [3.05, 3.63) is 42.2 Å². The van der Waals surface area contributed by atoms with Crippen LogP contribution in [0.5, 0.6) is 0 Å². The average Bonchev–Trinajstić information content (AvgIpc) is 2.85. The van der Waals surface area contributed by atoms with Gasteiger partial charge in [-0.15, -0.1) is 0 Å². The molecular weight excluding hydrogens is 226 g/mol. The van der Waals surface area contributed by atoms with E-state index < -0.39 is 0 Å². The quantitative estimate of drug-likeness (QED) is 0.816. The Kier molecular flexibility index (Phi) is 4.03. The lowest BCUT2D eigenvalue weighted by Crippen LogP contribution is -2.32. The van der Waals surface area contributed by atoms with Crippen LogP contribution in [0.3, 0.4) is 0 Å². The highest BCUT2D eigenvalue weighted by atomic mass is 16.5. The van der Waals surface area contributed by atoms with E-state index in [-0.39, 0.29) is 11.8 Å². The van der Waals surface area contributed by atoms with Crippen molar-refractivity contribution < 1.29 is 9.53 Å². The van der Waals surface area contributed by atoms with Crippen molar-refractivity contribution in [2.24, 2.45) is 5.92 Å². The minimum atomic E-state index is 0.154. The van der Waals surface area contributed by atoms with Crippen molar-refractivity contribution >= 4 is 11.6 Å². The normalized spacial score (nSPS) is 17.6. The predicted molar refractivity (Wildman–Crippen MR) is 72.4 cm³/mol. The van der Waals surface area contributed by atoms with E-state index in [1.54, 1.807) is 6.26 Å². The Bertz CT molecular complexity index is 436. The molecule has 0 radical (unpaired) electrons. The van der Waals surface area contributed by atoms with Crippen molar-refractivity contribution in [1.29, 1.82) is 0 Å². The molecule has 96 valence electrons. The molecule has 1 heterocycles. The summed E-state index contributed by atoms with van der Waals surface area (Å²) in [5.41, 5.74) is 2.17. The van der Waals surface area contributed by atoms with Gasteiger partial charge in [-0.1, -0.05) is 17.7 Å². The largest absolute Gasteiger partial charge is 0.501 e. The predicted octanol–water partition coefficient (Wildman–Crippen LogP) is 2.90. The van der Waals surface area contributed by atoms with Crippen molar-refractivity contribution in [2.75, 3.05) is 18.1 Å². The summed E-state index contributed by atoms with van der Waals surface area (Å²) in [6.07, 6.45) is 4.15. The summed E-state index contributed by atoms with van der Waals surface area (Å²) in [6, 6.07) is 8.06. The molecule has 1 aliphatic heterocycles. The van der Waals surface area contributed by atoms with Crippen LogP contribution in [0.25, 0.3) is 0 Å². The average molecular weight is 245 g/mol. The first-order chi connectivity index (χ1) is 8.70. The molecular formula is C15H19NO2. The van der Waals surface area contributed by atoms with E-state index in [1.807, 2.05) is 49.1 Å². The van der Waals surface area contributed by atoms with Gasteiger partial charge in [0.25, 0.3) is 0 Å². The molecule has 0 saturated carbocycles. The van der Waals surface area contributed by atoms with E-state index in [0.29, 0.717) is 19.6 Å². The van der Waals surface area contributed by atoms with Crippen LogP contribution < -0.4 is 4.90 Å². The van der Waals surface area contributed by atoms with Crippen LogP contribution >= 0.6 is 0 Å². The molecule has 0 spiro atoms. The third-order valence-corrected chi connectivity index (χ3v) is 3.16. The summed E-state index contributed by atoms with van der Waals surface area (Å²) in [5.74, 6) is 0.374. The van der Waals surface area contributed by atoms with Gasteiger partial charge in [-0.05, 0) is 32.1 Å². The van der Waals surface area contributed by atoms with Crippen LogP contribution in [-0.4, -0.2) is 19.1 Å². The molecule has 1 unspecified atom stereocenters. The van der Waals surface area contributed by atoms with Gasteiger partial charge in [-0.3, -0.25) is 4.79 Å². The number of amides is 1. The topological polar surface area (TPSA) is 29.5 Å². The van der Waals surface area contributed by atoms with Gasteiger partial charge in [0.15, 0.2) is 0 Å². The molecule has 18 heavy (non-hydrogen) atoms. The zero-order valence-corrected chi connectivity index (χ0v) is 10.9. The fourth-order valence-corrected chi connectivity index (χ4v) is 2.09. The molecule has 0 aromatic heterocycles. The minimum absolute atomic E-state index is 0.154. The van der Waals surface area contributed by atoms with Gasteiger partial charge >= 0.3 is 0 Å². The highest BCUT2D eigenvalue weighted by Gasteiger charge is 2.20. The monoisotopic (exact) mass is 245 g/mol. The number of nitrogens with zero attached hydrogens (tertiary/aromatic N) is 1. The highest BCUT2D eigenvalue weighted by molar-refractivity contribution is 5.93. The van der Waals surface area contributed by atoms with E-state index in [0.717, 1.165) is 5.69 Å². The Morgan fingerprint density at radius 3 is 2.67 bits per heavy atom. The number of rotatable bonds is 4. The molecule has 1 aromatic carbocycles. The fourth-order valence-electron chi connectivity index (χ4n) is 2.09. The van der Waals surface area contributed by atoms with Crippen molar-refractivity contribution in [2.45, 2.75) is 20.3 Å². The second-order valence-electron chi connectivity index (χ2n) is 4.60. The zero-order valence-electron chi connectivity index (χ0n) is 10.9. The molecule has 1 aromatic rings. The Morgan fingerprint density at radius 2 is 2.11 bits per heavy atom. The molecule has 3 heteroatoms. The van der Waals surface area contributed by atoms with Gasteiger partial charge in [0.1, 0.15) is 0 Å². The van der Waals surface area contributed by atoms with Gasteiger partial charge in [-0.2, -0.15) is 0 Å². The number of ether oxygens (including phenoxy) is 1. The third-order valence-electron chi connectivity index (χ3n) is 3.16. The maximum absolute atomic E-state index is 12.3. The van der Waals surface area contributed by atoms with Crippen LogP contribution in [-0.2, 0) is 9.53 Å². The van der Waals surface area contributed by atoms with E-state index in [1.165, 1.54) is 5.56 Å². The van der Waals surface area contributed by atoms with Crippen molar-refractivity contribution in [3.63, 3.8) is 0 Å². The summed E-state index contributed by atoms with van der Waals surface area (Å²) in [5, 5.41) is 0. The zero-order chi connectivity index (χ0) is 13.0. The van der Waals surface area contributed by atoms with Crippen LogP contribution in [0.15, 0.2) is 36.6 Å². The molecule has 1 amide bonds. The van der Waals surface area contributed by atoms with E-state index >= 15 is 0 Å². The number of aryl methyl sites for hydroxylation is 1. The highest BCUT2D eigenvalue weighted by Crippen LogP contribution is 2.19. The Hall–Kier alpha value is -1.77. The summed E-state index contributed by atoms with van der Waals surface area (Å²) < 4.78 is 5.14. The summed E-state index contributed by atoms with van der Waals surface area (Å²) in [7, 11) is 0. The Balaban J connectivity index is 2.05. The first-order valence-electron chi connectivity index (χ1n) is 6.36. The SMILES string of the molecule is CCN(C(=O)CC1C=COC1)c1ccc(C)cc1.